The molecule has 0 aliphatic carbocycles. The Labute approximate surface area is 317 Å². The maximum atomic E-state index is 5.01. The van der Waals surface area contributed by atoms with E-state index in [-0.39, 0.29) is 0 Å². The predicted octanol–water partition coefficient (Wildman–Crippen LogP) is 13.1. The van der Waals surface area contributed by atoms with E-state index in [0.717, 1.165) is 44.7 Å². The minimum absolute atomic E-state index is 0.819. The standard InChI is InChI=1S/C52H38N2/c1-5-15-43(16-6-1)47(44-17-7-2-8-18-44)37-41-29-25-39(26-30-41)33-35-51-52(54-50-24-14-13-23-49(50)53-51)36-34-40-27-31-42(32-28-40)38-48(45-19-9-3-10-20-45)46-21-11-4-12-22-46/h1-38H. The summed E-state index contributed by atoms with van der Waals surface area (Å²) in [6.07, 6.45) is 12.8. The lowest BCUT2D eigenvalue weighted by Crippen LogP contribution is -1.93. The molecular weight excluding hydrogens is 653 g/mol. The molecule has 0 aliphatic rings. The largest absolute Gasteiger partial charge is 0.245 e. The van der Waals surface area contributed by atoms with E-state index in [4.69, 9.17) is 9.97 Å². The molecule has 0 atom stereocenters. The fraction of sp³-hybridized carbons (Fsp3) is 0. The van der Waals surface area contributed by atoms with Crippen LogP contribution in [0, 0.1) is 0 Å². The van der Waals surface area contributed by atoms with Gasteiger partial charge in [0.1, 0.15) is 0 Å². The van der Waals surface area contributed by atoms with Crippen molar-refractivity contribution in [3.05, 3.63) is 250 Å². The number of para-hydroxylation sites is 2. The molecule has 0 spiro atoms. The van der Waals surface area contributed by atoms with Crippen molar-refractivity contribution in [2.45, 2.75) is 0 Å². The third-order valence-electron chi connectivity index (χ3n) is 9.33. The first-order chi connectivity index (χ1) is 26.7. The molecule has 0 amide bonds. The summed E-state index contributed by atoms with van der Waals surface area (Å²) < 4.78 is 0. The highest BCUT2D eigenvalue weighted by Gasteiger charge is 2.08. The van der Waals surface area contributed by atoms with Gasteiger partial charge in [0.25, 0.3) is 0 Å². The van der Waals surface area contributed by atoms with Crippen LogP contribution in [0.15, 0.2) is 194 Å². The van der Waals surface area contributed by atoms with Crippen molar-refractivity contribution in [3.8, 4) is 0 Å². The van der Waals surface area contributed by atoms with Gasteiger partial charge in [0, 0.05) is 0 Å². The van der Waals surface area contributed by atoms with E-state index < -0.39 is 0 Å². The highest BCUT2D eigenvalue weighted by atomic mass is 14.8. The van der Waals surface area contributed by atoms with E-state index in [1.165, 1.54) is 33.4 Å². The summed E-state index contributed by atoms with van der Waals surface area (Å²) >= 11 is 0. The van der Waals surface area contributed by atoms with Crippen molar-refractivity contribution in [1.29, 1.82) is 0 Å². The first-order valence-corrected chi connectivity index (χ1v) is 18.2. The molecule has 0 saturated carbocycles. The maximum Gasteiger partial charge on any atom is 0.0894 e. The quantitative estimate of drug-likeness (QED) is 0.134. The van der Waals surface area contributed by atoms with E-state index in [1.54, 1.807) is 0 Å². The number of rotatable bonds is 10. The van der Waals surface area contributed by atoms with Crippen molar-refractivity contribution in [2.75, 3.05) is 0 Å². The summed E-state index contributed by atoms with van der Waals surface area (Å²) in [5.41, 5.74) is 15.0. The van der Waals surface area contributed by atoms with Crippen molar-refractivity contribution < 1.29 is 0 Å². The molecule has 256 valence electrons. The van der Waals surface area contributed by atoms with E-state index in [1.807, 2.05) is 24.3 Å². The Hall–Kier alpha value is -7.16. The fourth-order valence-electron chi connectivity index (χ4n) is 6.50. The van der Waals surface area contributed by atoms with Gasteiger partial charge in [-0.3, -0.25) is 0 Å². The third kappa shape index (κ3) is 8.31. The number of hydrogen-bond acceptors (Lipinski definition) is 2. The maximum absolute atomic E-state index is 5.01. The Morgan fingerprint density at radius 2 is 0.556 bits per heavy atom. The summed E-state index contributed by atoms with van der Waals surface area (Å²) in [5, 5.41) is 0. The van der Waals surface area contributed by atoms with Crippen molar-refractivity contribution in [2.24, 2.45) is 0 Å². The molecule has 8 aromatic rings. The molecule has 0 aliphatic heterocycles. The zero-order chi connectivity index (χ0) is 36.4. The molecule has 0 bridgehead atoms. The minimum Gasteiger partial charge on any atom is -0.245 e. The fourth-order valence-corrected chi connectivity index (χ4v) is 6.50. The lowest BCUT2D eigenvalue weighted by atomic mass is 9.95. The second-order valence-corrected chi connectivity index (χ2v) is 13.1. The molecular formula is C52H38N2. The van der Waals surface area contributed by atoms with Crippen LogP contribution < -0.4 is 0 Å². The molecule has 1 heterocycles. The van der Waals surface area contributed by atoms with Crippen molar-refractivity contribution >= 4 is 58.6 Å². The average Bonchev–Trinajstić information content (AvgIpc) is 3.25. The van der Waals surface area contributed by atoms with E-state index in [0.29, 0.717) is 0 Å². The van der Waals surface area contributed by atoms with Gasteiger partial charge in [-0.25, -0.2) is 9.97 Å². The molecule has 8 rings (SSSR count). The molecule has 0 radical (unpaired) electrons. The molecule has 2 nitrogen and oxygen atoms in total. The highest BCUT2D eigenvalue weighted by Crippen LogP contribution is 2.28. The second kappa shape index (κ2) is 16.5. The Morgan fingerprint density at radius 1 is 0.278 bits per heavy atom. The SMILES string of the molecule is C(=Cc1nc2ccccc2nc1C=Cc1ccc(C=C(c2ccccc2)c2ccccc2)cc1)c1ccc(C=C(c2ccccc2)c2ccccc2)cc1. The predicted molar refractivity (Wildman–Crippen MR) is 230 cm³/mol. The van der Waals surface area contributed by atoms with Gasteiger partial charge in [-0.15, -0.1) is 0 Å². The van der Waals surface area contributed by atoms with Gasteiger partial charge in [-0.1, -0.05) is 194 Å². The zero-order valence-electron chi connectivity index (χ0n) is 29.8. The second-order valence-electron chi connectivity index (χ2n) is 13.1. The van der Waals surface area contributed by atoms with Gasteiger partial charge in [0.05, 0.1) is 22.4 Å². The molecule has 0 saturated heterocycles. The van der Waals surface area contributed by atoms with Crippen LogP contribution in [0.3, 0.4) is 0 Å². The van der Waals surface area contributed by atoms with Gasteiger partial charge in [0.2, 0.25) is 0 Å². The van der Waals surface area contributed by atoms with Crippen LogP contribution in [0.1, 0.15) is 55.9 Å². The number of nitrogens with zero attached hydrogens (tertiary/aromatic N) is 2. The number of hydrogen-bond donors (Lipinski definition) is 0. The first-order valence-electron chi connectivity index (χ1n) is 18.2. The zero-order valence-corrected chi connectivity index (χ0v) is 29.8. The van der Waals surface area contributed by atoms with Gasteiger partial charge >= 0.3 is 0 Å². The lowest BCUT2D eigenvalue weighted by molar-refractivity contribution is 1.24. The van der Waals surface area contributed by atoms with Crippen LogP contribution in [0.5, 0.6) is 0 Å². The number of fused-ring (bicyclic) bond motifs is 1. The summed E-state index contributed by atoms with van der Waals surface area (Å²) in [5.74, 6) is 0. The molecule has 0 N–H and O–H groups in total. The molecule has 1 aromatic heterocycles. The number of benzene rings is 7. The Bertz CT molecular complexity index is 2320. The molecule has 54 heavy (non-hydrogen) atoms. The summed E-state index contributed by atoms with van der Waals surface area (Å²) in [6, 6.07) is 67.5. The van der Waals surface area contributed by atoms with Crippen molar-refractivity contribution in [1.82, 2.24) is 9.97 Å². The van der Waals surface area contributed by atoms with Crippen molar-refractivity contribution in [3.63, 3.8) is 0 Å². The Balaban J connectivity index is 1.05. The molecule has 2 heteroatoms. The Morgan fingerprint density at radius 3 is 0.870 bits per heavy atom. The lowest BCUT2D eigenvalue weighted by Gasteiger charge is -2.09. The van der Waals surface area contributed by atoms with Gasteiger partial charge in [-0.05, 0) is 92.1 Å². The first kappa shape index (κ1) is 34.0. The van der Waals surface area contributed by atoms with Crippen LogP contribution in [0.4, 0.5) is 0 Å². The van der Waals surface area contributed by atoms with E-state index >= 15 is 0 Å². The molecule has 0 fully saturated rings. The summed E-state index contributed by atoms with van der Waals surface area (Å²) in [6.45, 7) is 0. The molecule has 7 aromatic carbocycles. The smallest absolute Gasteiger partial charge is 0.0894 e. The van der Waals surface area contributed by atoms with E-state index in [2.05, 4.69) is 206 Å². The van der Waals surface area contributed by atoms with Gasteiger partial charge in [0.15, 0.2) is 0 Å². The van der Waals surface area contributed by atoms with Crippen LogP contribution in [-0.2, 0) is 0 Å². The van der Waals surface area contributed by atoms with E-state index in [9.17, 15) is 0 Å². The third-order valence-corrected chi connectivity index (χ3v) is 9.33. The average molecular weight is 691 g/mol. The topological polar surface area (TPSA) is 25.8 Å². The summed E-state index contributed by atoms with van der Waals surface area (Å²) in [4.78, 5) is 10.0. The highest BCUT2D eigenvalue weighted by molar-refractivity contribution is 5.93. The van der Waals surface area contributed by atoms with Crippen LogP contribution in [0.2, 0.25) is 0 Å². The summed E-state index contributed by atoms with van der Waals surface area (Å²) in [7, 11) is 0. The minimum atomic E-state index is 0.819. The van der Waals surface area contributed by atoms with Crippen LogP contribution >= 0.6 is 0 Å². The van der Waals surface area contributed by atoms with Crippen LogP contribution in [-0.4, -0.2) is 9.97 Å². The monoisotopic (exact) mass is 690 g/mol. The normalized spacial score (nSPS) is 11.2. The van der Waals surface area contributed by atoms with Gasteiger partial charge in [-0.2, -0.15) is 0 Å². The molecule has 0 unspecified atom stereocenters. The number of aromatic nitrogens is 2. The Kier molecular flexibility index (Phi) is 10.3. The van der Waals surface area contributed by atoms with Crippen LogP contribution in [0.25, 0.3) is 58.6 Å². The van der Waals surface area contributed by atoms with Gasteiger partial charge < -0.3 is 0 Å².